The number of piperidine rings is 1. The third kappa shape index (κ3) is 5.33. The summed E-state index contributed by atoms with van der Waals surface area (Å²) in [5, 5.41) is 5.95. The van der Waals surface area contributed by atoms with Crippen molar-refractivity contribution in [3.8, 4) is 0 Å². The van der Waals surface area contributed by atoms with Crippen LogP contribution in [0.2, 0.25) is 0 Å². The lowest BCUT2D eigenvalue weighted by molar-refractivity contribution is -0.124. The van der Waals surface area contributed by atoms with E-state index in [4.69, 9.17) is 0 Å². The van der Waals surface area contributed by atoms with Crippen molar-refractivity contribution in [3.63, 3.8) is 0 Å². The Morgan fingerprint density at radius 3 is 2.09 bits per heavy atom. The zero-order chi connectivity index (χ0) is 22.7. The number of hydrogen-bond acceptors (Lipinski definition) is 3. The quantitative estimate of drug-likeness (QED) is 0.729. The van der Waals surface area contributed by atoms with Crippen molar-refractivity contribution in [1.82, 2.24) is 15.5 Å². The standard InChI is InChI=1S/C25H28FN3O3/c1-16-2-4-18(5-3-16)23(30)28-22(24(31)27-21-10-11-21)17-12-14-29(15-13-17)25(32)19-6-8-20(26)9-7-19/h2-9,17,21-22H,10-15H2,1H3,(H,27,31)(H,28,30)/t22-/m0/s1. The van der Waals surface area contributed by atoms with Crippen molar-refractivity contribution in [2.75, 3.05) is 13.1 Å². The van der Waals surface area contributed by atoms with Crippen molar-refractivity contribution >= 4 is 17.7 Å². The zero-order valence-electron chi connectivity index (χ0n) is 18.1. The summed E-state index contributed by atoms with van der Waals surface area (Å²) in [5.41, 5.74) is 2.02. The third-order valence-corrected chi connectivity index (χ3v) is 6.20. The van der Waals surface area contributed by atoms with Crippen molar-refractivity contribution in [2.24, 2.45) is 5.92 Å². The average molecular weight is 438 g/mol. The van der Waals surface area contributed by atoms with Crippen LogP contribution in [0.4, 0.5) is 4.39 Å². The lowest BCUT2D eigenvalue weighted by atomic mass is 9.88. The zero-order valence-corrected chi connectivity index (χ0v) is 18.1. The largest absolute Gasteiger partial charge is 0.352 e. The van der Waals surface area contributed by atoms with E-state index in [0.29, 0.717) is 37.1 Å². The molecular weight excluding hydrogens is 409 g/mol. The highest BCUT2D eigenvalue weighted by molar-refractivity contribution is 5.98. The average Bonchev–Trinajstić information content (AvgIpc) is 3.62. The van der Waals surface area contributed by atoms with Gasteiger partial charge in [-0.25, -0.2) is 4.39 Å². The molecule has 7 heteroatoms. The molecule has 4 rings (SSSR count). The fourth-order valence-corrected chi connectivity index (χ4v) is 4.06. The molecule has 1 atom stereocenters. The first-order chi connectivity index (χ1) is 15.4. The van der Waals surface area contributed by atoms with E-state index in [2.05, 4.69) is 10.6 Å². The van der Waals surface area contributed by atoms with Gasteiger partial charge in [0.1, 0.15) is 11.9 Å². The number of carbonyl (C=O) groups excluding carboxylic acids is 3. The molecule has 2 fully saturated rings. The van der Waals surface area contributed by atoms with Crippen molar-refractivity contribution in [3.05, 3.63) is 71.0 Å². The van der Waals surface area contributed by atoms with Crippen LogP contribution in [0.25, 0.3) is 0 Å². The van der Waals surface area contributed by atoms with Crippen LogP contribution in [0.3, 0.4) is 0 Å². The van der Waals surface area contributed by atoms with Gasteiger partial charge in [-0.1, -0.05) is 17.7 Å². The number of hydrogen-bond donors (Lipinski definition) is 2. The molecule has 0 unspecified atom stereocenters. The molecule has 168 valence electrons. The van der Waals surface area contributed by atoms with Crippen LogP contribution in [0.5, 0.6) is 0 Å². The van der Waals surface area contributed by atoms with E-state index in [0.717, 1.165) is 18.4 Å². The van der Waals surface area contributed by atoms with Crippen LogP contribution in [0, 0.1) is 18.7 Å². The van der Waals surface area contributed by atoms with Gasteiger partial charge in [0.05, 0.1) is 0 Å². The Hall–Kier alpha value is -3.22. The molecule has 0 bridgehead atoms. The number of amides is 3. The van der Waals surface area contributed by atoms with Gasteiger partial charge in [0.2, 0.25) is 5.91 Å². The molecule has 2 N–H and O–H groups in total. The van der Waals surface area contributed by atoms with Gasteiger partial charge in [-0.3, -0.25) is 14.4 Å². The van der Waals surface area contributed by atoms with Crippen molar-refractivity contribution in [1.29, 1.82) is 0 Å². The molecule has 6 nitrogen and oxygen atoms in total. The number of benzene rings is 2. The number of rotatable bonds is 6. The van der Waals surface area contributed by atoms with Gasteiger partial charge in [0.15, 0.2) is 0 Å². The monoisotopic (exact) mass is 437 g/mol. The molecular formula is C25H28FN3O3. The molecule has 0 spiro atoms. The predicted octanol–water partition coefficient (Wildman–Crippen LogP) is 3.06. The first-order valence-electron chi connectivity index (χ1n) is 11.1. The minimum Gasteiger partial charge on any atom is -0.352 e. The molecule has 2 aromatic carbocycles. The van der Waals surface area contributed by atoms with Gasteiger partial charge in [-0.2, -0.15) is 0 Å². The number of carbonyl (C=O) groups is 3. The summed E-state index contributed by atoms with van der Waals surface area (Å²) in [5.74, 6) is -1.03. The number of nitrogens with zero attached hydrogens (tertiary/aromatic N) is 1. The van der Waals surface area contributed by atoms with Crippen LogP contribution in [0.1, 0.15) is 52.0 Å². The molecule has 3 amide bonds. The van der Waals surface area contributed by atoms with E-state index in [-0.39, 0.29) is 35.5 Å². The van der Waals surface area contributed by atoms with Crippen LogP contribution in [-0.2, 0) is 4.79 Å². The number of nitrogens with one attached hydrogen (secondary N) is 2. The van der Waals surface area contributed by atoms with E-state index in [1.54, 1.807) is 17.0 Å². The Morgan fingerprint density at radius 1 is 0.906 bits per heavy atom. The summed E-state index contributed by atoms with van der Waals surface area (Å²) in [6.07, 6.45) is 3.14. The Kier molecular flexibility index (Phi) is 6.53. The molecule has 1 heterocycles. The third-order valence-electron chi connectivity index (χ3n) is 6.20. The molecule has 1 aliphatic carbocycles. The Bertz CT molecular complexity index is 978. The minimum absolute atomic E-state index is 0.0691. The number of likely N-dealkylation sites (tertiary alicyclic amines) is 1. The number of halogens is 1. The van der Waals surface area contributed by atoms with Crippen LogP contribution in [-0.4, -0.2) is 47.8 Å². The normalized spacial score (nSPS) is 17.5. The van der Waals surface area contributed by atoms with Gasteiger partial charge in [0, 0.05) is 30.3 Å². The second-order valence-electron chi connectivity index (χ2n) is 8.74. The Morgan fingerprint density at radius 2 is 1.50 bits per heavy atom. The molecule has 2 aliphatic rings. The van der Waals surface area contributed by atoms with E-state index in [9.17, 15) is 18.8 Å². The molecule has 1 saturated carbocycles. The first-order valence-corrected chi connectivity index (χ1v) is 11.1. The molecule has 2 aromatic rings. The Balaban J connectivity index is 1.41. The number of aryl methyl sites for hydroxylation is 1. The summed E-state index contributed by atoms with van der Waals surface area (Å²) in [7, 11) is 0. The SMILES string of the molecule is Cc1ccc(C(=O)N[C@H](C(=O)NC2CC2)C2CCN(C(=O)c3ccc(F)cc3)CC2)cc1. The predicted molar refractivity (Wildman–Crippen MR) is 119 cm³/mol. The van der Waals surface area contributed by atoms with Gasteiger partial charge in [-0.15, -0.1) is 0 Å². The van der Waals surface area contributed by atoms with Gasteiger partial charge >= 0.3 is 0 Å². The fourth-order valence-electron chi connectivity index (χ4n) is 4.06. The summed E-state index contributed by atoms with van der Waals surface area (Å²) in [4.78, 5) is 40.2. The lowest BCUT2D eigenvalue weighted by Gasteiger charge is -2.36. The van der Waals surface area contributed by atoms with Crippen molar-refractivity contribution < 1.29 is 18.8 Å². The van der Waals surface area contributed by atoms with Crippen LogP contribution in [0.15, 0.2) is 48.5 Å². The second-order valence-corrected chi connectivity index (χ2v) is 8.74. The van der Waals surface area contributed by atoms with Gasteiger partial charge < -0.3 is 15.5 Å². The summed E-state index contributed by atoms with van der Waals surface area (Å²) < 4.78 is 13.2. The smallest absolute Gasteiger partial charge is 0.253 e. The lowest BCUT2D eigenvalue weighted by Crippen LogP contribution is -2.54. The molecule has 1 aliphatic heterocycles. The van der Waals surface area contributed by atoms with Gasteiger partial charge in [-0.05, 0) is 74.9 Å². The van der Waals surface area contributed by atoms with Crippen LogP contribution >= 0.6 is 0 Å². The molecule has 0 radical (unpaired) electrons. The minimum atomic E-state index is -0.646. The summed E-state index contributed by atoms with van der Waals surface area (Å²) in [6.45, 7) is 2.91. The van der Waals surface area contributed by atoms with E-state index in [1.165, 1.54) is 24.3 Å². The Labute approximate surface area is 187 Å². The van der Waals surface area contributed by atoms with Crippen molar-refractivity contribution in [2.45, 2.75) is 44.7 Å². The second kappa shape index (κ2) is 9.51. The fraction of sp³-hybridized carbons (Fsp3) is 0.400. The van der Waals surface area contributed by atoms with Gasteiger partial charge in [0.25, 0.3) is 11.8 Å². The molecule has 0 aromatic heterocycles. The van der Waals surface area contributed by atoms with Crippen LogP contribution < -0.4 is 10.6 Å². The van der Waals surface area contributed by atoms with E-state index < -0.39 is 6.04 Å². The summed E-state index contributed by atoms with van der Waals surface area (Å²) >= 11 is 0. The maximum absolute atomic E-state index is 13.2. The first kappa shape index (κ1) is 22.0. The molecule has 1 saturated heterocycles. The maximum Gasteiger partial charge on any atom is 0.253 e. The highest BCUT2D eigenvalue weighted by Crippen LogP contribution is 2.25. The summed E-state index contributed by atoms with van der Waals surface area (Å²) in [6, 6.07) is 12.3. The van der Waals surface area contributed by atoms with E-state index in [1.807, 2.05) is 19.1 Å². The molecule has 32 heavy (non-hydrogen) atoms. The van der Waals surface area contributed by atoms with E-state index >= 15 is 0 Å². The maximum atomic E-state index is 13.2. The highest BCUT2D eigenvalue weighted by Gasteiger charge is 2.36. The highest BCUT2D eigenvalue weighted by atomic mass is 19.1. The topological polar surface area (TPSA) is 78.5 Å².